The van der Waals surface area contributed by atoms with Crippen LogP contribution in [0.1, 0.15) is 11.1 Å². The van der Waals surface area contributed by atoms with Crippen molar-refractivity contribution in [2.75, 3.05) is 5.32 Å². The van der Waals surface area contributed by atoms with Crippen LogP contribution in [0.3, 0.4) is 0 Å². The summed E-state index contributed by atoms with van der Waals surface area (Å²) in [4.78, 5) is 0. The van der Waals surface area contributed by atoms with Crippen molar-refractivity contribution in [3.8, 4) is 6.07 Å². The van der Waals surface area contributed by atoms with Crippen LogP contribution in [0.2, 0.25) is 5.02 Å². The number of halogens is 3. The Morgan fingerprint density at radius 3 is 2.58 bits per heavy atom. The molecule has 0 aliphatic heterocycles. The van der Waals surface area contributed by atoms with E-state index in [0.717, 1.165) is 12.1 Å². The molecular weight excluding hydrogens is 270 g/mol. The minimum atomic E-state index is -0.897. The fourth-order valence-corrected chi connectivity index (χ4v) is 1.78. The number of nitriles is 1. The second-order valence-electron chi connectivity index (χ2n) is 3.90. The summed E-state index contributed by atoms with van der Waals surface area (Å²) in [6.07, 6.45) is 0. The molecule has 5 heteroatoms. The van der Waals surface area contributed by atoms with Gasteiger partial charge < -0.3 is 5.32 Å². The molecule has 0 radical (unpaired) electrons. The number of nitrogens with zero attached hydrogens (tertiary/aromatic N) is 1. The van der Waals surface area contributed by atoms with Gasteiger partial charge in [-0.2, -0.15) is 5.26 Å². The van der Waals surface area contributed by atoms with E-state index in [4.69, 9.17) is 16.9 Å². The Balaban J connectivity index is 2.16. The normalized spacial score (nSPS) is 10.0. The molecule has 2 nitrogen and oxygen atoms in total. The minimum Gasteiger partial charge on any atom is -0.380 e. The number of anilines is 1. The van der Waals surface area contributed by atoms with Gasteiger partial charge in [0.2, 0.25) is 0 Å². The largest absolute Gasteiger partial charge is 0.380 e. The Bertz CT molecular complexity index is 650. The van der Waals surface area contributed by atoms with Crippen LogP contribution in [0.5, 0.6) is 0 Å². The third-order valence-electron chi connectivity index (χ3n) is 2.57. The summed E-state index contributed by atoms with van der Waals surface area (Å²) in [6, 6.07) is 10.5. The van der Waals surface area contributed by atoms with Crippen molar-refractivity contribution in [2.24, 2.45) is 0 Å². The molecule has 2 rings (SSSR count). The van der Waals surface area contributed by atoms with E-state index in [2.05, 4.69) is 5.32 Å². The van der Waals surface area contributed by atoms with Gasteiger partial charge in [0, 0.05) is 11.6 Å². The predicted octanol–water partition coefficient (Wildman–Crippen LogP) is 4.10. The van der Waals surface area contributed by atoms with E-state index in [1.54, 1.807) is 18.2 Å². The van der Waals surface area contributed by atoms with Gasteiger partial charge in [-0.1, -0.05) is 17.7 Å². The summed E-state index contributed by atoms with van der Waals surface area (Å²) in [7, 11) is 0. The first-order valence-corrected chi connectivity index (χ1v) is 5.85. The number of hydrogen-bond acceptors (Lipinski definition) is 2. The first kappa shape index (κ1) is 13.3. The van der Waals surface area contributed by atoms with Gasteiger partial charge in [-0.05, 0) is 35.9 Å². The van der Waals surface area contributed by atoms with Crippen molar-refractivity contribution in [2.45, 2.75) is 6.54 Å². The van der Waals surface area contributed by atoms with Crippen molar-refractivity contribution < 1.29 is 8.78 Å². The molecule has 0 fully saturated rings. The lowest BCUT2D eigenvalue weighted by molar-refractivity contribution is 0.507. The Morgan fingerprint density at radius 1 is 1.11 bits per heavy atom. The summed E-state index contributed by atoms with van der Waals surface area (Å²) in [5, 5.41) is 12.4. The molecule has 0 aliphatic rings. The van der Waals surface area contributed by atoms with Gasteiger partial charge >= 0.3 is 0 Å². The van der Waals surface area contributed by atoms with Gasteiger partial charge in [-0.15, -0.1) is 0 Å². The zero-order valence-electron chi connectivity index (χ0n) is 9.75. The SMILES string of the molecule is N#Cc1ccc(Cl)cc1NCc1ccc(F)c(F)c1. The van der Waals surface area contributed by atoms with E-state index in [1.807, 2.05) is 6.07 Å². The zero-order valence-corrected chi connectivity index (χ0v) is 10.5. The van der Waals surface area contributed by atoms with E-state index in [9.17, 15) is 8.78 Å². The van der Waals surface area contributed by atoms with Gasteiger partial charge in [-0.25, -0.2) is 8.78 Å². The number of benzene rings is 2. The molecule has 0 aromatic heterocycles. The van der Waals surface area contributed by atoms with Crippen LogP contribution >= 0.6 is 11.6 Å². The van der Waals surface area contributed by atoms with Gasteiger partial charge in [0.1, 0.15) is 6.07 Å². The van der Waals surface area contributed by atoms with E-state index >= 15 is 0 Å². The van der Waals surface area contributed by atoms with E-state index in [-0.39, 0.29) is 6.54 Å². The van der Waals surface area contributed by atoms with Crippen LogP contribution in [0.4, 0.5) is 14.5 Å². The molecule has 2 aromatic carbocycles. The molecule has 0 aliphatic carbocycles. The van der Waals surface area contributed by atoms with Crippen LogP contribution in [0.25, 0.3) is 0 Å². The van der Waals surface area contributed by atoms with E-state index in [0.29, 0.717) is 21.8 Å². The highest BCUT2D eigenvalue weighted by Crippen LogP contribution is 2.21. The maximum Gasteiger partial charge on any atom is 0.159 e. The highest BCUT2D eigenvalue weighted by atomic mass is 35.5. The third-order valence-corrected chi connectivity index (χ3v) is 2.80. The predicted molar refractivity (Wildman–Crippen MR) is 69.9 cm³/mol. The summed E-state index contributed by atoms with van der Waals surface area (Å²) in [5.41, 5.74) is 1.56. The van der Waals surface area contributed by atoms with E-state index < -0.39 is 11.6 Å². The fraction of sp³-hybridized carbons (Fsp3) is 0.0714. The zero-order chi connectivity index (χ0) is 13.8. The Kier molecular flexibility index (Phi) is 3.98. The fourth-order valence-electron chi connectivity index (χ4n) is 1.61. The van der Waals surface area contributed by atoms with Crippen molar-refractivity contribution in [1.82, 2.24) is 0 Å². The number of hydrogen-bond donors (Lipinski definition) is 1. The Morgan fingerprint density at radius 2 is 1.89 bits per heavy atom. The first-order valence-electron chi connectivity index (χ1n) is 5.47. The van der Waals surface area contributed by atoms with Crippen molar-refractivity contribution >= 4 is 17.3 Å². The summed E-state index contributed by atoms with van der Waals surface area (Å²) in [6.45, 7) is 0.270. The quantitative estimate of drug-likeness (QED) is 0.917. The topological polar surface area (TPSA) is 35.8 Å². The van der Waals surface area contributed by atoms with Crippen molar-refractivity contribution in [1.29, 1.82) is 5.26 Å². The van der Waals surface area contributed by atoms with Gasteiger partial charge in [-0.3, -0.25) is 0 Å². The Hall–Kier alpha value is -2.12. The Labute approximate surface area is 114 Å². The number of nitrogens with one attached hydrogen (secondary N) is 1. The third kappa shape index (κ3) is 3.21. The van der Waals surface area contributed by atoms with E-state index in [1.165, 1.54) is 6.07 Å². The molecule has 19 heavy (non-hydrogen) atoms. The number of rotatable bonds is 3. The monoisotopic (exact) mass is 278 g/mol. The molecule has 0 saturated heterocycles. The first-order chi connectivity index (χ1) is 9.10. The van der Waals surface area contributed by atoms with Crippen LogP contribution in [0.15, 0.2) is 36.4 Å². The maximum atomic E-state index is 13.0. The standard InChI is InChI=1S/C14H9ClF2N2/c15-11-3-2-10(7-18)14(6-11)19-8-9-1-4-12(16)13(17)5-9/h1-6,19H,8H2. The summed E-state index contributed by atoms with van der Waals surface area (Å²) >= 11 is 5.84. The van der Waals surface area contributed by atoms with Gasteiger partial charge in [0.25, 0.3) is 0 Å². The molecule has 0 spiro atoms. The molecule has 96 valence electrons. The van der Waals surface area contributed by atoms with Crippen molar-refractivity contribution in [3.63, 3.8) is 0 Å². The molecule has 1 N–H and O–H groups in total. The van der Waals surface area contributed by atoms with Crippen molar-refractivity contribution in [3.05, 3.63) is 64.2 Å². The molecule has 0 unspecified atom stereocenters. The summed E-state index contributed by atoms with van der Waals surface area (Å²) < 4.78 is 25.8. The smallest absolute Gasteiger partial charge is 0.159 e. The van der Waals surface area contributed by atoms with Crippen LogP contribution in [0, 0.1) is 23.0 Å². The highest BCUT2D eigenvalue weighted by molar-refractivity contribution is 6.30. The van der Waals surface area contributed by atoms with Crippen LogP contribution < -0.4 is 5.32 Å². The van der Waals surface area contributed by atoms with Gasteiger partial charge in [0.15, 0.2) is 11.6 Å². The molecule has 0 atom stereocenters. The molecule has 2 aromatic rings. The molecule has 0 saturated carbocycles. The molecule has 0 amide bonds. The second-order valence-corrected chi connectivity index (χ2v) is 4.34. The second kappa shape index (κ2) is 5.68. The maximum absolute atomic E-state index is 13.0. The lowest BCUT2D eigenvalue weighted by Gasteiger charge is -2.09. The van der Waals surface area contributed by atoms with Crippen LogP contribution in [-0.2, 0) is 6.54 Å². The molecule has 0 bridgehead atoms. The molecule has 0 heterocycles. The summed E-state index contributed by atoms with van der Waals surface area (Å²) in [5.74, 6) is -1.78. The van der Waals surface area contributed by atoms with Crippen LogP contribution in [-0.4, -0.2) is 0 Å². The average molecular weight is 279 g/mol. The highest BCUT2D eigenvalue weighted by Gasteiger charge is 2.05. The van der Waals surface area contributed by atoms with Gasteiger partial charge in [0.05, 0.1) is 11.3 Å². The molecular formula is C14H9ClF2N2. The average Bonchev–Trinajstić information content (AvgIpc) is 2.40. The minimum absolute atomic E-state index is 0.270. The lowest BCUT2D eigenvalue weighted by atomic mass is 10.1. The lowest BCUT2D eigenvalue weighted by Crippen LogP contribution is -2.02.